The predicted octanol–water partition coefficient (Wildman–Crippen LogP) is 5.52. The Morgan fingerprint density at radius 1 is 1.07 bits per heavy atom. The van der Waals surface area contributed by atoms with Gasteiger partial charge >= 0.3 is 0 Å². The molecule has 0 spiro atoms. The second-order valence-electron chi connectivity index (χ2n) is 7.77. The summed E-state index contributed by atoms with van der Waals surface area (Å²) in [5.41, 5.74) is 1.22. The number of rotatable bonds is 11. The van der Waals surface area contributed by atoms with Gasteiger partial charge in [0.25, 0.3) is 11.8 Å². The van der Waals surface area contributed by atoms with Crippen molar-refractivity contribution in [3.8, 4) is 5.75 Å². The lowest BCUT2D eigenvalue weighted by Crippen LogP contribution is -2.32. The standard InChI is InChI=1S/C24H29NO4S/c1-4-5-6-13-25-23(26)21(18-9-11-19(12-10-18)29-15-17(2)3)22(24(25)27)30-16-20-8-7-14-28-20/h7-12,14,17H,4-6,13,15-16H2,1-3H3. The van der Waals surface area contributed by atoms with Crippen molar-refractivity contribution < 1.29 is 18.7 Å². The van der Waals surface area contributed by atoms with Gasteiger partial charge in [0.2, 0.25) is 0 Å². The maximum atomic E-state index is 13.2. The molecular formula is C24H29NO4S. The van der Waals surface area contributed by atoms with Crippen LogP contribution in [0.5, 0.6) is 5.75 Å². The van der Waals surface area contributed by atoms with Gasteiger partial charge in [-0.1, -0.05) is 45.7 Å². The molecule has 0 aliphatic carbocycles. The first-order chi connectivity index (χ1) is 14.5. The average Bonchev–Trinajstić information content (AvgIpc) is 3.33. The second-order valence-corrected chi connectivity index (χ2v) is 8.76. The van der Waals surface area contributed by atoms with Crippen molar-refractivity contribution in [2.24, 2.45) is 5.92 Å². The van der Waals surface area contributed by atoms with Crippen molar-refractivity contribution >= 4 is 29.1 Å². The highest BCUT2D eigenvalue weighted by Crippen LogP contribution is 2.38. The van der Waals surface area contributed by atoms with Crippen molar-refractivity contribution in [2.45, 2.75) is 45.8 Å². The number of hydrogen-bond donors (Lipinski definition) is 0. The number of furan rings is 1. The molecule has 3 rings (SSSR count). The van der Waals surface area contributed by atoms with Crippen molar-refractivity contribution in [3.05, 3.63) is 58.9 Å². The molecule has 1 aromatic heterocycles. The third-order valence-corrected chi connectivity index (χ3v) is 5.87. The predicted molar refractivity (Wildman–Crippen MR) is 120 cm³/mol. The number of hydrogen-bond acceptors (Lipinski definition) is 5. The fourth-order valence-corrected chi connectivity index (χ4v) is 4.22. The first-order valence-electron chi connectivity index (χ1n) is 10.5. The highest BCUT2D eigenvalue weighted by molar-refractivity contribution is 8.03. The smallest absolute Gasteiger partial charge is 0.267 e. The minimum absolute atomic E-state index is 0.206. The maximum absolute atomic E-state index is 13.2. The zero-order valence-corrected chi connectivity index (χ0v) is 18.7. The molecule has 0 N–H and O–H groups in total. The number of carbonyl (C=O) groups is 2. The normalized spacial score (nSPS) is 14.3. The van der Waals surface area contributed by atoms with E-state index in [1.54, 1.807) is 6.26 Å². The second kappa shape index (κ2) is 10.5. The van der Waals surface area contributed by atoms with Crippen LogP contribution < -0.4 is 4.74 Å². The van der Waals surface area contributed by atoms with E-state index in [1.807, 2.05) is 36.4 Å². The van der Waals surface area contributed by atoms with Gasteiger partial charge in [-0.2, -0.15) is 0 Å². The molecule has 0 saturated carbocycles. The number of carbonyl (C=O) groups excluding carboxylic acids is 2. The Bertz CT molecular complexity index is 884. The Morgan fingerprint density at radius 2 is 1.83 bits per heavy atom. The van der Waals surface area contributed by atoms with Gasteiger partial charge in [0.05, 0.1) is 29.1 Å². The first kappa shape index (κ1) is 22.2. The molecule has 0 bridgehead atoms. The summed E-state index contributed by atoms with van der Waals surface area (Å²) < 4.78 is 11.1. The molecule has 0 atom stereocenters. The van der Waals surface area contributed by atoms with Crippen LogP contribution in [-0.4, -0.2) is 29.9 Å². The molecule has 0 saturated heterocycles. The Kier molecular flexibility index (Phi) is 7.80. The van der Waals surface area contributed by atoms with Gasteiger partial charge in [-0.3, -0.25) is 14.5 Å². The monoisotopic (exact) mass is 427 g/mol. The number of benzene rings is 1. The lowest BCUT2D eigenvalue weighted by atomic mass is 10.1. The minimum Gasteiger partial charge on any atom is -0.493 e. The molecule has 6 heteroatoms. The fraction of sp³-hybridized carbons (Fsp3) is 0.417. The number of thioether (sulfide) groups is 1. The van der Waals surface area contributed by atoms with E-state index in [4.69, 9.17) is 9.15 Å². The van der Waals surface area contributed by atoms with Crippen LogP contribution in [0.25, 0.3) is 5.57 Å². The summed E-state index contributed by atoms with van der Waals surface area (Å²) >= 11 is 1.36. The summed E-state index contributed by atoms with van der Waals surface area (Å²) in [4.78, 5) is 28.1. The topological polar surface area (TPSA) is 59.8 Å². The van der Waals surface area contributed by atoms with Crippen LogP contribution in [0.4, 0.5) is 0 Å². The summed E-state index contributed by atoms with van der Waals surface area (Å²) in [5, 5.41) is 0. The summed E-state index contributed by atoms with van der Waals surface area (Å²) in [6.07, 6.45) is 4.46. The summed E-state index contributed by atoms with van der Waals surface area (Å²) in [7, 11) is 0. The summed E-state index contributed by atoms with van der Waals surface area (Å²) in [6.45, 7) is 7.38. The average molecular weight is 428 g/mol. The van der Waals surface area contributed by atoms with Crippen molar-refractivity contribution in [3.63, 3.8) is 0 Å². The molecule has 2 amide bonds. The Morgan fingerprint density at radius 3 is 2.47 bits per heavy atom. The van der Waals surface area contributed by atoms with E-state index in [1.165, 1.54) is 16.7 Å². The van der Waals surface area contributed by atoms with E-state index in [-0.39, 0.29) is 11.8 Å². The molecule has 2 aromatic rings. The zero-order valence-electron chi connectivity index (χ0n) is 17.8. The number of amides is 2. The van der Waals surface area contributed by atoms with Gasteiger partial charge in [-0.15, -0.1) is 11.8 Å². The van der Waals surface area contributed by atoms with Crippen molar-refractivity contribution in [1.29, 1.82) is 0 Å². The van der Waals surface area contributed by atoms with E-state index in [0.29, 0.717) is 35.3 Å². The molecule has 1 aliphatic heterocycles. The highest BCUT2D eigenvalue weighted by atomic mass is 32.2. The van der Waals surface area contributed by atoms with E-state index >= 15 is 0 Å². The number of ether oxygens (including phenoxy) is 1. The third kappa shape index (κ3) is 5.36. The largest absolute Gasteiger partial charge is 0.493 e. The third-order valence-electron chi connectivity index (χ3n) is 4.78. The Labute approximate surface area is 182 Å². The molecule has 2 heterocycles. The van der Waals surface area contributed by atoms with Crippen molar-refractivity contribution in [2.75, 3.05) is 13.2 Å². The van der Waals surface area contributed by atoms with Crippen LogP contribution in [0.2, 0.25) is 0 Å². The van der Waals surface area contributed by atoms with Gasteiger partial charge in [0.15, 0.2) is 0 Å². The van der Waals surface area contributed by atoms with E-state index in [2.05, 4.69) is 20.8 Å². The Hall–Kier alpha value is -2.47. The SMILES string of the molecule is CCCCCN1C(=O)C(SCc2ccco2)=C(c2ccc(OCC(C)C)cc2)C1=O. The number of unbranched alkanes of at least 4 members (excludes halogenated alkanes) is 2. The summed E-state index contributed by atoms with van der Waals surface area (Å²) in [5.74, 6) is 2.05. The summed E-state index contributed by atoms with van der Waals surface area (Å²) in [6, 6.07) is 11.1. The lowest BCUT2D eigenvalue weighted by molar-refractivity contribution is -0.136. The van der Waals surface area contributed by atoms with Gasteiger partial charge in [-0.25, -0.2) is 0 Å². The zero-order chi connectivity index (χ0) is 21.5. The minimum atomic E-state index is -0.214. The molecule has 5 nitrogen and oxygen atoms in total. The van der Waals surface area contributed by atoms with Gasteiger partial charge in [0, 0.05) is 6.54 Å². The van der Waals surface area contributed by atoms with Gasteiger partial charge < -0.3 is 9.15 Å². The van der Waals surface area contributed by atoms with Crippen LogP contribution >= 0.6 is 11.8 Å². The number of nitrogens with zero attached hydrogens (tertiary/aromatic N) is 1. The van der Waals surface area contributed by atoms with Crippen LogP contribution in [0.1, 0.15) is 51.4 Å². The highest BCUT2D eigenvalue weighted by Gasteiger charge is 2.38. The molecule has 0 fully saturated rings. The fourth-order valence-electron chi connectivity index (χ4n) is 3.18. The molecule has 0 radical (unpaired) electrons. The molecule has 30 heavy (non-hydrogen) atoms. The molecule has 160 valence electrons. The quantitative estimate of drug-likeness (QED) is 0.349. The first-order valence-corrected chi connectivity index (χ1v) is 11.5. The van der Waals surface area contributed by atoms with E-state index in [9.17, 15) is 9.59 Å². The van der Waals surface area contributed by atoms with Crippen LogP contribution in [0.15, 0.2) is 52.0 Å². The van der Waals surface area contributed by atoms with E-state index < -0.39 is 0 Å². The molecular weight excluding hydrogens is 398 g/mol. The van der Waals surface area contributed by atoms with E-state index in [0.717, 1.165) is 36.3 Å². The van der Waals surface area contributed by atoms with Crippen LogP contribution in [0, 0.1) is 5.92 Å². The molecule has 0 unspecified atom stereocenters. The van der Waals surface area contributed by atoms with Crippen LogP contribution in [0.3, 0.4) is 0 Å². The maximum Gasteiger partial charge on any atom is 0.267 e. The Balaban J connectivity index is 1.84. The molecule has 1 aromatic carbocycles. The van der Waals surface area contributed by atoms with Crippen molar-refractivity contribution in [1.82, 2.24) is 4.90 Å². The molecule has 1 aliphatic rings. The number of imide groups is 1. The lowest BCUT2D eigenvalue weighted by Gasteiger charge is -2.14. The van der Waals surface area contributed by atoms with Gasteiger partial charge in [-0.05, 0) is 42.2 Å². The van der Waals surface area contributed by atoms with Gasteiger partial charge in [0.1, 0.15) is 11.5 Å². The van der Waals surface area contributed by atoms with Crippen LogP contribution in [-0.2, 0) is 15.3 Å².